The maximum Gasteiger partial charge on any atom is 0.101 e. The summed E-state index contributed by atoms with van der Waals surface area (Å²) < 4.78 is 1.84. The number of hydrogen-bond acceptors (Lipinski definition) is 3. The fourth-order valence-electron chi connectivity index (χ4n) is 2.15. The molecule has 0 aliphatic heterocycles. The highest BCUT2D eigenvalue weighted by atomic mass is 35.5. The summed E-state index contributed by atoms with van der Waals surface area (Å²) in [4.78, 5) is 0. The lowest BCUT2D eigenvalue weighted by Gasteiger charge is -2.25. The molecule has 1 aromatic carbocycles. The monoisotopic (exact) mass is 293 g/mol. The van der Waals surface area contributed by atoms with Crippen molar-refractivity contribution in [1.82, 2.24) is 15.1 Å². The van der Waals surface area contributed by atoms with Crippen LogP contribution < -0.4 is 5.32 Å². The van der Waals surface area contributed by atoms with Gasteiger partial charge in [-0.05, 0) is 19.9 Å². The van der Waals surface area contributed by atoms with Gasteiger partial charge in [-0.2, -0.15) is 5.10 Å². The molecule has 4 nitrogen and oxygen atoms in total. The highest BCUT2D eigenvalue weighted by Crippen LogP contribution is 2.27. The SMILES string of the molecule is Cc1c(CNC[C@@](C)(O)c2ccccc2Cl)cnn1C. The van der Waals surface area contributed by atoms with Crippen LogP contribution in [0.2, 0.25) is 5.02 Å². The van der Waals surface area contributed by atoms with Gasteiger partial charge in [-0.3, -0.25) is 4.68 Å². The molecule has 0 aliphatic rings. The van der Waals surface area contributed by atoms with Crippen LogP contribution in [0.3, 0.4) is 0 Å². The number of nitrogens with one attached hydrogen (secondary N) is 1. The third-order valence-corrected chi connectivity index (χ3v) is 3.91. The third kappa shape index (κ3) is 3.20. The highest BCUT2D eigenvalue weighted by Gasteiger charge is 2.25. The molecule has 0 amide bonds. The molecule has 0 fully saturated rings. The van der Waals surface area contributed by atoms with Gasteiger partial charge in [0.1, 0.15) is 5.60 Å². The molecule has 0 unspecified atom stereocenters. The van der Waals surface area contributed by atoms with Gasteiger partial charge in [0.25, 0.3) is 0 Å². The zero-order valence-electron chi connectivity index (χ0n) is 12.0. The van der Waals surface area contributed by atoms with Crippen LogP contribution in [-0.4, -0.2) is 21.4 Å². The molecule has 0 bridgehead atoms. The molecular weight excluding hydrogens is 274 g/mol. The van der Waals surface area contributed by atoms with Gasteiger partial charge in [-0.1, -0.05) is 29.8 Å². The van der Waals surface area contributed by atoms with E-state index in [1.165, 1.54) is 0 Å². The predicted molar refractivity (Wildman–Crippen MR) is 80.7 cm³/mol. The molecule has 1 atom stereocenters. The molecular formula is C15H20ClN3O. The summed E-state index contributed by atoms with van der Waals surface area (Å²) >= 11 is 6.13. The minimum Gasteiger partial charge on any atom is -0.384 e. The van der Waals surface area contributed by atoms with Crippen molar-refractivity contribution in [3.05, 3.63) is 52.3 Å². The molecule has 0 radical (unpaired) electrons. The molecule has 1 heterocycles. The Balaban J connectivity index is 2.00. The molecule has 1 aromatic heterocycles. The smallest absolute Gasteiger partial charge is 0.101 e. The Labute approximate surface area is 124 Å². The normalized spacial score (nSPS) is 14.2. The number of aromatic nitrogens is 2. The number of rotatable bonds is 5. The zero-order valence-corrected chi connectivity index (χ0v) is 12.8. The molecule has 2 rings (SSSR count). The Hall–Kier alpha value is -1.36. The van der Waals surface area contributed by atoms with E-state index in [1.807, 2.05) is 43.0 Å². The van der Waals surface area contributed by atoms with E-state index in [9.17, 15) is 5.11 Å². The fourth-order valence-corrected chi connectivity index (χ4v) is 2.49. The summed E-state index contributed by atoms with van der Waals surface area (Å²) in [7, 11) is 1.92. The van der Waals surface area contributed by atoms with Crippen molar-refractivity contribution in [3.8, 4) is 0 Å². The Morgan fingerprint density at radius 2 is 2.10 bits per heavy atom. The number of halogens is 1. The largest absolute Gasteiger partial charge is 0.384 e. The maximum atomic E-state index is 10.6. The van der Waals surface area contributed by atoms with Crippen LogP contribution >= 0.6 is 11.6 Å². The molecule has 0 spiro atoms. The van der Waals surface area contributed by atoms with Crippen LogP contribution in [0.5, 0.6) is 0 Å². The van der Waals surface area contributed by atoms with Crippen molar-refractivity contribution in [3.63, 3.8) is 0 Å². The Bertz CT molecular complexity index is 593. The van der Waals surface area contributed by atoms with Gasteiger partial charge in [-0.25, -0.2) is 0 Å². The lowest BCUT2D eigenvalue weighted by molar-refractivity contribution is 0.0567. The topological polar surface area (TPSA) is 50.1 Å². The number of benzene rings is 1. The average Bonchev–Trinajstić information content (AvgIpc) is 2.71. The fraction of sp³-hybridized carbons (Fsp3) is 0.400. The minimum absolute atomic E-state index is 0.422. The summed E-state index contributed by atoms with van der Waals surface area (Å²) in [5.41, 5.74) is 1.98. The van der Waals surface area contributed by atoms with Crippen LogP contribution in [0.15, 0.2) is 30.5 Å². The quantitative estimate of drug-likeness (QED) is 0.890. The van der Waals surface area contributed by atoms with Gasteiger partial charge in [-0.15, -0.1) is 0 Å². The molecule has 0 saturated heterocycles. The first-order valence-electron chi connectivity index (χ1n) is 6.57. The van der Waals surface area contributed by atoms with E-state index in [0.29, 0.717) is 18.1 Å². The second kappa shape index (κ2) is 5.95. The van der Waals surface area contributed by atoms with Crippen LogP contribution in [-0.2, 0) is 19.2 Å². The van der Waals surface area contributed by atoms with Gasteiger partial charge in [0.15, 0.2) is 0 Å². The first kappa shape index (κ1) is 15.0. The first-order valence-corrected chi connectivity index (χ1v) is 6.95. The van der Waals surface area contributed by atoms with E-state index in [2.05, 4.69) is 10.4 Å². The second-order valence-electron chi connectivity index (χ2n) is 5.24. The van der Waals surface area contributed by atoms with Crippen molar-refractivity contribution >= 4 is 11.6 Å². The van der Waals surface area contributed by atoms with Gasteiger partial charge in [0, 0.05) is 42.0 Å². The van der Waals surface area contributed by atoms with E-state index >= 15 is 0 Å². The Morgan fingerprint density at radius 3 is 2.70 bits per heavy atom. The molecule has 2 aromatic rings. The van der Waals surface area contributed by atoms with Crippen LogP contribution in [0.25, 0.3) is 0 Å². The number of aryl methyl sites for hydroxylation is 1. The predicted octanol–water partition coefficient (Wildman–Crippen LogP) is 2.38. The lowest BCUT2D eigenvalue weighted by Crippen LogP contribution is -2.35. The lowest BCUT2D eigenvalue weighted by atomic mass is 9.96. The van der Waals surface area contributed by atoms with Crippen molar-refractivity contribution in [2.75, 3.05) is 6.54 Å². The maximum absolute atomic E-state index is 10.6. The molecule has 20 heavy (non-hydrogen) atoms. The first-order chi connectivity index (χ1) is 9.42. The van der Waals surface area contributed by atoms with Gasteiger partial charge in [0.2, 0.25) is 0 Å². The number of hydrogen-bond donors (Lipinski definition) is 2. The molecule has 108 valence electrons. The Kier molecular flexibility index (Phi) is 4.48. The molecule has 5 heteroatoms. The minimum atomic E-state index is -1.01. The highest BCUT2D eigenvalue weighted by molar-refractivity contribution is 6.31. The van der Waals surface area contributed by atoms with Crippen molar-refractivity contribution < 1.29 is 5.11 Å². The Morgan fingerprint density at radius 1 is 1.40 bits per heavy atom. The van der Waals surface area contributed by atoms with Gasteiger partial charge in [0.05, 0.1) is 6.20 Å². The molecule has 0 saturated carbocycles. The van der Waals surface area contributed by atoms with Crippen molar-refractivity contribution in [1.29, 1.82) is 0 Å². The van der Waals surface area contributed by atoms with Crippen LogP contribution in [0.4, 0.5) is 0 Å². The van der Waals surface area contributed by atoms with Crippen LogP contribution in [0, 0.1) is 6.92 Å². The summed E-state index contributed by atoms with van der Waals surface area (Å²) in [6.45, 7) is 4.87. The summed E-state index contributed by atoms with van der Waals surface area (Å²) in [6, 6.07) is 7.37. The van der Waals surface area contributed by atoms with Crippen LogP contribution in [0.1, 0.15) is 23.7 Å². The second-order valence-corrected chi connectivity index (χ2v) is 5.64. The van der Waals surface area contributed by atoms with Crippen molar-refractivity contribution in [2.24, 2.45) is 7.05 Å². The third-order valence-electron chi connectivity index (χ3n) is 3.58. The number of aliphatic hydroxyl groups is 1. The summed E-state index contributed by atoms with van der Waals surface area (Å²) in [5.74, 6) is 0. The number of nitrogens with zero attached hydrogens (tertiary/aromatic N) is 2. The van der Waals surface area contributed by atoms with E-state index < -0.39 is 5.60 Å². The van der Waals surface area contributed by atoms with Crippen molar-refractivity contribution in [2.45, 2.75) is 26.0 Å². The van der Waals surface area contributed by atoms with Gasteiger partial charge >= 0.3 is 0 Å². The van der Waals surface area contributed by atoms with Gasteiger partial charge < -0.3 is 10.4 Å². The van der Waals surface area contributed by atoms with E-state index in [4.69, 9.17) is 11.6 Å². The molecule has 2 N–H and O–H groups in total. The average molecular weight is 294 g/mol. The van der Waals surface area contributed by atoms with E-state index in [0.717, 1.165) is 16.8 Å². The summed E-state index contributed by atoms with van der Waals surface area (Å²) in [6.07, 6.45) is 1.84. The molecule has 0 aliphatic carbocycles. The van der Waals surface area contributed by atoms with E-state index in [-0.39, 0.29) is 0 Å². The summed E-state index contributed by atoms with van der Waals surface area (Å²) in [5, 5.41) is 18.6. The zero-order chi connectivity index (χ0) is 14.8. The van der Waals surface area contributed by atoms with E-state index in [1.54, 1.807) is 13.0 Å². The standard InChI is InChI=1S/C15H20ClN3O/c1-11-12(9-18-19(11)3)8-17-10-15(2,20)13-6-4-5-7-14(13)16/h4-7,9,17,20H,8,10H2,1-3H3/t15-/m1/s1.